The topological polar surface area (TPSA) is 52.3 Å². The van der Waals surface area contributed by atoms with Gasteiger partial charge in [-0.2, -0.15) is 0 Å². The van der Waals surface area contributed by atoms with Gasteiger partial charge in [-0.25, -0.2) is 0 Å². The normalized spacial score (nSPS) is 14.8. The first-order valence-electron chi connectivity index (χ1n) is 6.30. The number of nitrogens with two attached hydrogens (primary N) is 1. The Kier molecular flexibility index (Phi) is 4.25. The maximum atomic E-state index is 11.9. The number of fused-ring (bicyclic) bond motifs is 1. The molecule has 0 atom stereocenters. The van der Waals surface area contributed by atoms with Crippen LogP contribution >= 0.6 is 11.6 Å². The van der Waals surface area contributed by atoms with Crippen LogP contribution in [-0.4, -0.2) is 19.4 Å². The van der Waals surface area contributed by atoms with E-state index in [1.807, 2.05) is 6.07 Å². The third kappa shape index (κ3) is 2.38. The minimum atomic E-state index is -0.124. The zero-order valence-corrected chi connectivity index (χ0v) is 11.3. The van der Waals surface area contributed by atoms with Crippen molar-refractivity contribution < 1.29 is 9.53 Å². The van der Waals surface area contributed by atoms with Crippen molar-refractivity contribution in [3.63, 3.8) is 0 Å². The lowest BCUT2D eigenvalue weighted by Gasteiger charge is -2.15. The highest BCUT2D eigenvalue weighted by atomic mass is 35.5. The average Bonchev–Trinajstić information content (AvgIpc) is 2.63. The van der Waals surface area contributed by atoms with Gasteiger partial charge in [0.2, 0.25) is 0 Å². The lowest BCUT2D eigenvalue weighted by atomic mass is 9.97. The summed E-state index contributed by atoms with van der Waals surface area (Å²) in [7, 11) is 1.54. The van der Waals surface area contributed by atoms with Gasteiger partial charge in [-0.15, -0.1) is 0 Å². The second kappa shape index (κ2) is 5.72. The van der Waals surface area contributed by atoms with E-state index in [-0.39, 0.29) is 12.3 Å². The van der Waals surface area contributed by atoms with Crippen molar-refractivity contribution in [1.29, 1.82) is 0 Å². The molecule has 0 bridgehead atoms. The Morgan fingerprint density at radius 2 is 2.11 bits per heavy atom. The Hall–Kier alpha value is -1.06. The van der Waals surface area contributed by atoms with Crippen molar-refractivity contribution in [2.75, 3.05) is 13.7 Å². The average molecular weight is 268 g/mol. The van der Waals surface area contributed by atoms with E-state index in [0.29, 0.717) is 16.3 Å². The molecule has 98 valence electrons. The monoisotopic (exact) mass is 267 g/mol. The summed E-state index contributed by atoms with van der Waals surface area (Å²) in [6, 6.07) is 1.92. The zero-order valence-electron chi connectivity index (χ0n) is 10.6. The molecule has 0 aromatic heterocycles. The Morgan fingerprint density at radius 1 is 1.39 bits per heavy atom. The van der Waals surface area contributed by atoms with Gasteiger partial charge in [-0.3, -0.25) is 4.79 Å². The van der Waals surface area contributed by atoms with Crippen LogP contribution in [0.2, 0.25) is 5.02 Å². The standard InChI is InChI=1S/C14H18ClNO2/c1-18-14-11(12(17)8-16)7-9-5-3-2-4-6-10(9)13(14)15/h7H,2-6,8,16H2,1H3. The fourth-order valence-corrected chi connectivity index (χ4v) is 2.92. The van der Waals surface area contributed by atoms with Gasteiger partial charge in [0.05, 0.1) is 24.2 Å². The number of carbonyl (C=O) groups excluding carboxylic acids is 1. The number of ketones is 1. The summed E-state index contributed by atoms with van der Waals surface area (Å²) in [5, 5.41) is 0.591. The molecule has 0 radical (unpaired) electrons. The van der Waals surface area contributed by atoms with Crippen molar-refractivity contribution >= 4 is 17.4 Å². The van der Waals surface area contributed by atoms with E-state index in [0.717, 1.165) is 31.2 Å². The minimum absolute atomic E-state index is 0.0223. The molecule has 18 heavy (non-hydrogen) atoms. The molecule has 0 spiro atoms. The fraction of sp³-hybridized carbons (Fsp3) is 0.500. The first-order valence-corrected chi connectivity index (χ1v) is 6.68. The van der Waals surface area contributed by atoms with Crippen LogP contribution < -0.4 is 10.5 Å². The molecule has 1 aromatic rings. The molecule has 0 fully saturated rings. The van der Waals surface area contributed by atoms with E-state index in [2.05, 4.69) is 0 Å². The number of aryl methyl sites for hydroxylation is 1. The SMILES string of the molecule is COc1c(C(=O)CN)cc2c(c1Cl)CCCCC2. The molecule has 1 aliphatic carbocycles. The summed E-state index contributed by atoms with van der Waals surface area (Å²) in [6.45, 7) is -0.0223. The van der Waals surface area contributed by atoms with Gasteiger partial charge in [0.25, 0.3) is 0 Å². The van der Waals surface area contributed by atoms with E-state index in [4.69, 9.17) is 22.1 Å². The quantitative estimate of drug-likeness (QED) is 0.677. The van der Waals surface area contributed by atoms with Gasteiger partial charge < -0.3 is 10.5 Å². The fourth-order valence-electron chi connectivity index (χ4n) is 2.53. The van der Waals surface area contributed by atoms with Crippen LogP contribution in [0.3, 0.4) is 0 Å². The Morgan fingerprint density at radius 3 is 2.78 bits per heavy atom. The van der Waals surface area contributed by atoms with E-state index in [1.54, 1.807) is 0 Å². The first kappa shape index (κ1) is 13.4. The third-order valence-corrected chi connectivity index (χ3v) is 3.88. The van der Waals surface area contributed by atoms with Gasteiger partial charge in [-0.1, -0.05) is 18.0 Å². The molecule has 2 rings (SSSR count). The number of halogens is 1. The predicted molar refractivity (Wildman–Crippen MR) is 72.6 cm³/mol. The van der Waals surface area contributed by atoms with Gasteiger partial charge >= 0.3 is 0 Å². The Bertz CT molecular complexity index is 471. The molecule has 0 saturated heterocycles. The lowest BCUT2D eigenvalue weighted by Crippen LogP contribution is -2.15. The van der Waals surface area contributed by atoms with E-state index >= 15 is 0 Å². The smallest absolute Gasteiger partial charge is 0.180 e. The van der Waals surface area contributed by atoms with Crippen molar-refractivity contribution in [1.82, 2.24) is 0 Å². The van der Waals surface area contributed by atoms with Gasteiger partial charge in [0.15, 0.2) is 5.78 Å². The van der Waals surface area contributed by atoms with Crippen molar-refractivity contribution in [2.24, 2.45) is 5.73 Å². The molecule has 2 N–H and O–H groups in total. The molecular weight excluding hydrogens is 250 g/mol. The van der Waals surface area contributed by atoms with Crippen molar-refractivity contribution in [3.05, 3.63) is 27.8 Å². The number of hydrogen-bond acceptors (Lipinski definition) is 3. The second-order valence-electron chi connectivity index (χ2n) is 4.60. The van der Waals surface area contributed by atoms with Gasteiger partial charge in [-0.05, 0) is 42.9 Å². The molecule has 0 unspecified atom stereocenters. The zero-order chi connectivity index (χ0) is 13.1. The van der Waals surface area contributed by atoms with Crippen LogP contribution in [-0.2, 0) is 12.8 Å². The highest BCUT2D eigenvalue weighted by Gasteiger charge is 2.21. The Balaban J connectivity index is 2.58. The molecular formula is C14H18ClNO2. The van der Waals surface area contributed by atoms with Crippen LogP contribution in [0.25, 0.3) is 0 Å². The van der Waals surface area contributed by atoms with Crippen LogP contribution in [0.1, 0.15) is 40.7 Å². The number of rotatable bonds is 3. The number of Topliss-reactive ketones (excluding diaryl/α,β-unsaturated/α-hetero) is 1. The third-order valence-electron chi connectivity index (χ3n) is 3.48. The number of hydrogen-bond donors (Lipinski definition) is 1. The van der Waals surface area contributed by atoms with Gasteiger partial charge in [0, 0.05) is 0 Å². The summed E-state index contributed by atoms with van der Waals surface area (Å²) < 4.78 is 5.30. The molecule has 0 heterocycles. The molecule has 0 saturated carbocycles. The van der Waals surface area contributed by atoms with E-state index in [1.165, 1.54) is 19.1 Å². The van der Waals surface area contributed by atoms with Crippen molar-refractivity contribution in [3.8, 4) is 5.75 Å². The highest BCUT2D eigenvalue weighted by molar-refractivity contribution is 6.33. The van der Waals surface area contributed by atoms with E-state index < -0.39 is 0 Å². The predicted octanol–water partition coefficient (Wildman–Crippen LogP) is 2.76. The number of methoxy groups -OCH3 is 1. The summed E-state index contributed by atoms with van der Waals surface area (Å²) in [5.74, 6) is 0.355. The molecule has 4 heteroatoms. The van der Waals surface area contributed by atoms with Crippen LogP contribution in [0, 0.1) is 0 Å². The number of carbonyl (C=O) groups is 1. The van der Waals surface area contributed by atoms with Crippen LogP contribution in [0.15, 0.2) is 6.07 Å². The summed E-state index contributed by atoms with van der Waals surface area (Å²) >= 11 is 6.39. The summed E-state index contributed by atoms with van der Waals surface area (Å²) in [4.78, 5) is 11.9. The van der Waals surface area contributed by atoms with Crippen molar-refractivity contribution in [2.45, 2.75) is 32.1 Å². The summed E-state index contributed by atoms with van der Waals surface area (Å²) in [5.41, 5.74) is 8.27. The van der Waals surface area contributed by atoms with Crippen LogP contribution in [0.5, 0.6) is 5.75 Å². The number of benzene rings is 1. The first-order chi connectivity index (χ1) is 8.69. The van der Waals surface area contributed by atoms with Gasteiger partial charge in [0.1, 0.15) is 5.75 Å². The van der Waals surface area contributed by atoms with Crippen LogP contribution in [0.4, 0.5) is 0 Å². The summed E-state index contributed by atoms with van der Waals surface area (Å²) in [6.07, 6.45) is 5.42. The number of ether oxygens (including phenoxy) is 1. The molecule has 1 aromatic carbocycles. The molecule has 1 aliphatic rings. The molecule has 0 aliphatic heterocycles. The second-order valence-corrected chi connectivity index (χ2v) is 4.97. The largest absolute Gasteiger partial charge is 0.494 e. The lowest BCUT2D eigenvalue weighted by molar-refractivity contribution is 0.0998. The molecule has 0 amide bonds. The maximum Gasteiger partial charge on any atom is 0.180 e. The maximum absolute atomic E-state index is 11.9. The molecule has 3 nitrogen and oxygen atoms in total. The minimum Gasteiger partial charge on any atom is -0.494 e. The Labute approximate surface area is 112 Å². The van der Waals surface area contributed by atoms with E-state index in [9.17, 15) is 4.79 Å². The highest BCUT2D eigenvalue weighted by Crippen LogP contribution is 2.37.